The molecule has 6 heteroatoms. The second kappa shape index (κ2) is 6.75. The molecule has 1 N–H and O–H groups in total. The lowest BCUT2D eigenvalue weighted by Gasteiger charge is -2.31. The molecule has 0 radical (unpaired) electrons. The molecule has 2 bridgehead atoms. The quantitative estimate of drug-likeness (QED) is 0.933. The summed E-state index contributed by atoms with van der Waals surface area (Å²) in [6.07, 6.45) is 8.90. The molecule has 2 aromatic heterocycles. The van der Waals surface area contributed by atoms with Gasteiger partial charge in [0.2, 0.25) is 0 Å². The van der Waals surface area contributed by atoms with E-state index in [1.165, 1.54) is 0 Å². The zero-order valence-electron chi connectivity index (χ0n) is 13.4. The Bertz CT molecular complexity index is 674. The molecule has 2 aliphatic rings. The van der Waals surface area contributed by atoms with E-state index >= 15 is 0 Å². The minimum atomic E-state index is -0.0874. The first-order valence-corrected chi connectivity index (χ1v) is 8.39. The summed E-state index contributed by atoms with van der Waals surface area (Å²) in [5.41, 5.74) is 1.72. The lowest BCUT2D eigenvalue weighted by molar-refractivity contribution is -0.0598. The van der Waals surface area contributed by atoms with Crippen LogP contribution in [0.25, 0.3) is 0 Å². The molecule has 126 valence electrons. The first kappa shape index (κ1) is 15.4. The minimum absolute atomic E-state index is 0.0439. The summed E-state index contributed by atoms with van der Waals surface area (Å²) in [5, 5.41) is 0. The van der Waals surface area contributed by atoms with Crippen molar-refractivity contribution in [2.75, 3.05) is 13.2 Å². The second-order valence-electron chi connectivity index (χ2n) is 6.29. The highest BCUT2D eigenvalue weighted by molar-refractivity contribution is 5.94. The third-order valence-corrected chi connectivity index (χ3v) is 4.83. The number of aromatic amines is 1. The first-order chi connectivity index (χ1) is 11.8. The maximum atomic E-state index is 12.8. The van der Waals surface area contributed by atoms with E-state index < -0.39 is 0 Å². The van der Waals surface area contributed by atoms with Gasteiger partial charge in [-0.1, -0.05) is 6.07 Å². The lowest BCUT2D eigenvalue weighted by Crippen LogP contribution is -2.46. The van der Waals surface area contributed by atoms with Crippen LogP contribution in [0.4, 0.5) is 0 Å². The number of ether oxygens (including phenoxy) is 2. The number of nitrogens with one attached hydrogen (secondary N) is 1. The van der Waals surface area contributed by atoms with E-state index in [1.54, 1.807) is 18.6 Å². The molecule has 3 atom stereocenters. The van der Waals surface area contributed by atoms with Gasteiger partial charge in [0, 0.05) is 31.3 Å². The molecule has 0 aromatic carbocycles. The average molecular weight is 327 g/mol. The number of fused-ring (bicyclic) bond motifs is 2. The third-order valence-electron chi connectivity index (χ3n) is 4.83. The van der Waals surface area contributed by atoms with E-state index in [-0.39, 0.29) is 24.2 Å². The molecule has 3 unspecified atom stereocenters. The van der Waals surface area contributed by atoms with Crippen LogP contribution in [0.2, 0.25) is 0 Å². The van der Waals surface area contributed by atoms with Crippen molar-refractivity contribution in [3.63, 3.8) is 0 Å². The number of H-pyrrole nitrogens is 1. The van der Waals surface area contributed by atoms with Crippen LogP contribution >= 0.6 is 0 Å². The number of aromatic nitrogens is 2. The van der Waals surface area contributed by atoms with E-state index in [0.29, 0.717) is 25.3 Å². The molecule has 1 saturated heterocycles. The van der Waals surface area contributed by atoms with Crippen LogP contribution in [0, 0.1) is 0 Å². The molecule has 2 fully saturated rings. The van der Waals surface area contributed by atoms with Gasteiger partial charge in [-0.2, -0.15) is 0 Å². The Kier molecular flexibility index (Phi) is 4.32. The van der Waals surface area contributed by atoms with Crippen LogP contribution in [0.1, 0.15) is 28.8 Å². The predicted molar refractivity (Wildman–Crippen MR) is 87.4 cm³/mol. The third kappa shape index (κ3) is 2.95. The Morgan fingerprint density at radius 1 is 1.42 bits per heavy atom. The molecule has 1 amide bonds. The van der Waals surface area contributed by atoms with Gasteiger partial charge in [0.05, 0.1) is 30.9 Å². The monoisotopic (exact) mass is 327 g/mol. The van der Waals surface area contributed by atoms with Gasteiger partial charge in [0.15, 0.2) is 0 Å². The number of pyridine rings is 1. The van der Waals surface area contributed by atoms with E-state index in [0.717, 1.165) is 18.4 Å². The van der Waals surface area contributed by atoms with Crippen LogP contribution in [-0.4, -0.2) is 52.2 Å². The maximum Gasteiger partial charge on any atom is 0.255 e. The van der Waals surface area contributed by atoms with Gasteiger partial charge in [-0.15, -0.1) is 0 Å². The number of rotatable bonds is 4. The summed E-state index contributed by atoms with van der Waals surface area (Å²) in [6.45, 7) is 1.66. The molecule has 0 spiro atoms. The molecular weight excluding hydrogens is 306 g/mol. The summed E-state index contributed by atoms with van der Waals surface area (Å²) < 4.78 is 12.1. The van der Waals surface area contributed by atoms with Crippen LogP contribution < -0.4 is 0 Å². The molecule has 1 aliphatic heterocycles. The Balaban J connectivity index is 1.50. The van der Waals surface area contributed by atoms with Crippen molar-refractivity contribution < 1.29 is 14.3 Å². The number of amides is 1. The highest BCUT2D eigenvalue weighted by Crippen LogP contribution is 2.33. The SMILES string of the molecule is O=C(c1cc[nH]c1)N1CCOC2CCC1C2OCc1cccnc1. The largest absolute Gasteiger partial charge is 0.374 e. The number of carbonyl (C=O) groups is 1. The Morgan fingerprint density at radius 2 is 2.38 bits per heavy atom. The first-order valence-electron chi connectivity index (χ1n) is 8.39. The van der Waals surface area contributed by atoms with E-state index in [2.05, 4.69) is 9.97 Å². The summed E-state index contributed by atoms with van der Waals surface area (Å²) >= 11 is 0. The van der Waals surface area contributed by atoms with Crippen LogP contribution in [-0.2, 0) is 16.1 Å². The molecule has 3 heterocycles. The second-order valence-corrected chi connectivity index (χ2v) is 6.29. The summed E-state index contributed by atoms with van der Waals surface area (Å²) in [7, 11) is 0. The van der Waals surface area contributed by atoms with Gasteiger partial charge >= 0.3 is 0 Å². The van der Waals surface area contributed by atoms with Gasteiger partial charge in [-0.3, -0.25) is 9.78 Å². The molecular formula is C18H21N3O3. The van der Waals surface area contributed by atoms with Crippen molar-refractivity contribution in [2.24, 2.45) is 0 Å². The van der Waals surface area contributed by atoms with Crippen LogP contribution in [0.3, 0.4) is 0 Å². The van der Waals surface area contributed by atoms with Gasteiger partial charge in [0.25, 0.3) is 5.91 Å². The Hall–Kier alpha value is -2.18. The zero-order valence-corrected chi connectivity index (χ0v) is 13.4. The van der Waals surface area contributed by atoms with Crippen molar-refractivity contribution in [2.45, 2.75) is 37.7 Å². The van der Waals surface area contributed by atoms with Crippen molar-refractivity contribution in [3.05, 3.63) is 54.1 Å². The van der Waals surface area contributed by atoms with Crippen molar-refractivity contribution in [3.8, 4) is 0 Å². The normalized spacial score (nSPS) is 26.3. The maximum absolute atomic E-state index is 12.8. The van der Waals surface area contributed by atoms with E-state index in [1.807, 2.05) is 29.3 Å². The van der Waals surface area contributed by atoms with Crippen molar-refractivity contribution in [1.82, 2.24) is 14.9 Å². The van der Waals surface area contributed by atoms with E-state index in [4.69, 9.17) is 9.47 Å². The highest BCUT2D eigenvalue weighted by atomic mass is 16.5. The highest BCUT2D eigenvalue weighted by Gasteiger charge is 2.44. The lowest BCUT2D eigenvalue weighted by atomic mass is 10.1. The Labute approximate surface area is 140 Å². The molecule has 24 heavy (non-hydrogen) atoms. The fourth-order valence-corrected chi connectivity index (χ4v) is 3.66. The molecule has 4 rings (SSSR count). The number of hydrogen-bond acceptors (Lipinski definition) is 4. The van der Waals surface area contributed by atoms with Crippen LogP contribution in [0.15, 0.2) is 43.0 Å². The summed E-state index contributed by atoms with van der Waals surface area (Å²) in [6, 6.07) is 5.77. The standard InChI is InChI=1S/C18H21N3O3/c22-18(14-5-7-20-11-14)21-8-9-23-16-4-3-15(21)17(16)24-12-13-2-1-6-19-10-13/h1-2,5-7,10-11,15-17,20H,3-4,8-9,12H2. The predicted octanol–water partition coefficient (Wildman–Crippen LogP) is 2.00. The van der Waals surface area contributed by atoms with Crippen molar-refractivity contribution >= 4 is 5.91 Å². The smallest absolute Gasteiger partial charge is 0.255 e. The minimum Gasteiger partial charge on any atom is -0.374 e. The Morgan fingerprint density at radius 3 is 3.17 bits per heavy atom. The topological polar surface area (TPSA) is 67.5 Å². The zero-order chi connectivity index (χ0) is 16.4. The molecule has 1 saturated carbocycles. The molecule has 1 aliphatic carbocycles. The average Bonchev–Trinajstić information content (AvgIpc) is 3.22. The summed E-state index contributed by atoms with van der Waals surface area (Å²) in [4.78, 5) is 21.8. The van der Waals surface area contributed by atoms with Gasteiger partial charge in [-0.05, 0) is 30.5 Å². The summed E-state index contributed by atoms with van der Waals surface area (Å²) in [5.74, 6) is 0.0439. The van der Waals surface area contributed by atoms with E-state index in [9.17, 15) is 4.79 Å². The van der Waals surface area contributed by atoms with Gasteiger partial charge in [0.1, 0.15) is 6.10 Å². The fraction of sp³-hybridized carbons (Fsp3) is 0.444. The van der Waals surface area contributed by atoms with Gasteiger partial charge < -0.3 is 19.4 Å². The van der Waals surface area contributed by atoms with Crippen LogP contribution in [0.5, 0.6) is 0 Å². The molecule has 6 nitrogen and oxygen atoms in total. The van der Waals surface area contributed by atoms with Gasteiger partial charge in [-0.25, -0.2) is 0 Å². The number of carbonyl (C=O) groups excluding carboxylic acids is 1. The number of hydrogen-bond donors (Lipinski definition) is 1. The molecule has 2 aromatic rings. The van der Waals surface area contributed by atoms with Crippen molar-refractivity contribution in [1.29, 1.82) is 0 Å². The fourth-order valence-electron chi connectivity index (χ4n) is 3.66. The number of nitrogens with zero attached hydrogens (tertiary/aromatic N) is 2.